The molecule has 0 amide bonds. The molecule has 0 saturated carbocycles. The monoisotopic (exact) mass is 290 g/mol. The predicted molar refractivity (Wildman–Crippen MR) is 73.8 cm³/mol. The Labute approximate surface area is 119 Å². The Bertz CT molecular complexity index is 703. The first kappa shape index (κ1) is 14.4. The average molecular weight is 290 g/mol. The van der Waals surface area contributed by atoms with Gasteiger partial charge in [-0.15, -0.1) is 0 Å². The van der Waals surface area contributed by atoms with E-state index in [4.69, 9.17) is 5.11 Å². The molecule has 0 radical (unpaired) electrons. The van der Waals surface area contributed by atoms with Crippen molar-refractivity contribution in [3.05, 3.63) is 69.5 Å². The highest BCUT2D eigenvalue weighted by molar-refractivity contribution is 5.87. The third kappa shape index (κ3) is 3.33. The number of benzene rings is 2. The molecule has 0 bridgehead atoms. The van der Waals surface area contributed by atoms with Crippen molar-refractivity contribution >= 4 is 17.3 Å². The zero-order valence-electron chi connectivity index (χ0n) is 10.7. The molecule has 0 saturated heterocycles. The molecule has 0 aromatic heterocycles. The number of nitro groups is 1. The first-order valence-electron chi connectivity index (χ1n) is 5.98. The van der Waals surface area contributed by atoms with Crippen molar-refractivity contribution in [3.8, 4) is 0 Å². The van der Waals surface area contributed by atoms with E-state index in [1.807, 2.05) is 0 Å². The molecule has 0 heterocycles. The van der Waals surface area contributed by atoms with Gasteiger partial charge in [-0.25, -0.2) is 4.79 Å². The normalized spacial score (nSPS) is 10.1. The van der Waals surface area contributed by atoms with Crippen LogP contribution in [0.1, 0.15) is 15.9 Å². The zero-order valence-corrected chi connectivity index (χ0v) is 10.7. The second-order valence-electron chi connectivity index (χ2n) is 4.25. The molecule has 2 aromatic carbocycles. The Balaban J connectivity index is 2.21. The lowest BCUT2D eigenvalue weighted by atomic mass is 10.1. The summed E-state index contributed by atoms with van der Waals surface area (Å²) in [7, 11) is 0. The molecule has 0 unspecified atom stereocenters. The largest absolute Gasteiger partial charge is 0.478 e. The summed E-state index contributed by atoms with van der Waals surface area (Å²) >= 11 is 0. The van der Waals surface area contributed by atoms with Gasteiger partial charge in [0, 0.05) is 6.54 Å². The van der Waals surface area contributed by atoms with E-state index < -0.39 is 22.4 Å². The molecule has 6 nitrogen and oxygen atoms in total. The number of carbonyl (C=O) groups is 1. The quantitative estimate of drug-likeness (QED) is 0.652. The summed E-state index contributed by atoms with van der Waals surface area (Å²) < 4.78 is 13.4. The topological polar surface area (TPSA) is 92.5 Å². The lowest BCUT2D eigenvalue weighted by Crippen LogP contribution is -2.05. The Morgan fingerprint density at radius 3 is 2.67 bits per heavy atom. The molecule has 0 aliphatic carbocycles. The maximum Gasteiger partial charge on any atom is 0.335 e. The number of carboxylic acids is 1. The number of para-hydroxylation sites is 1. The van der Waals surface area contributed by atoms with Crippen LogP contribution in [0.5, 0.6) is 0 Å². The number of hydrogen-bond donors (Lipinski definition) is 2. The highest BCUT2D eigenvalue weighted by Gasteiger charge is 2.19. The fraction of sp³-hybridized carbons (Fsp3) is 0.0714. The van der Waals surface area contributed by atoms with E-state index in [1.54, 1.807) is 12.1 Å². The molecule has 108 valence electrons. The van der Waals surface area contributed by atoms with Crippen LogP contribution in [0.2, 0.25) is 0 Å². The minimum absolute atomic E-state index is 0.0423. The Morgan fingerprint density at radius 1 is 1.29 bits per heavy atom. The van der Waals surface area contributed by atoms with Crippen LogP contribution in [0.4, 0.5) is 15.8 Å². The lowest BCUT2D eigenvalue weighted by Gasteiger charge is -2.08. The van der Waals surface area contributed by atoms with Crippen molar-refractivity contribution in [2.45, 2.75) is 6.54 Å². The lowest BCUT2D eigenvalue weighted by molar-refractivity contribution is -0.386. The summed E-state index contributed by atoms with van der Waals surface area (Å²) in [6.07, 6.45) is 0. The summed E-state index contributed by atoms with van der Waals surface area (Å²) in [5.74, 6) is -1.99. The number of anilines is 1. The Morgan fingerprint density at radius 2 is 2.00 bits per heavy atom. The molecule has 2 aromatic rings. The number of hydrogen-bond acceptors (Lipinski definition) is 4. The van der Waals surface area contributed by atoms with E-state index in [-0.39, 0.29) is 17.8 Å². The summed E-state index contributed by atoms with van der Waals surface area (Å²) in [6.45, 7) is 0.144. The van der Waals surface area contributed by atoms with Crippen LogP contribution in [0.3, 0.4) is 0 Å². The summed E-state index contributed by atoms with van der Waals surface area (Å²) in [5, 5.41) is 22.5. The van der Waals surface area contributed by atoms with Gasteiger partial charge in [0.25, 0.3) is 0 Å². The first-order chi connectivity index (χ1) is 9.99. The van der Waals surface area contributed by atoms with E-state index in [2.05, 4.69) is 5.32 Å². The highest BCUT2D eigenvalue weighted by atomic mass is 19.1. The van der Waals surface area contributed by atoms with E-state index in [1.165, 1.54) is 24.3 Å². The third-order valence-electron chi connectivity index (χ3n) is 2.83. The van der Waals surface area contributed by atoms with Gasteiger partial charge in [-0.05, 0) is 29.8 Å². The SMILES string of the molecule is O=C(O)c1cccc(CNc2cccc(F)c2[N+](=O)[O-])c1. The molecule has 7 heteroatoms. The van der Waals surface area contributed by atoms with Crippen molar-refractivity contribution in [2.75, 3.05) is 5.32 Å². The van der Waals surface area contributed by atoms with E-state index in [0.717, 1.165) is 6.07 Å². The van der Waals surface area contributed by atoms with Crippen molar-refractivity contribution in [1.29, 1.82) is 0 Å². The number of nitrogens with zero attached hydrogens (tertiary/aromatic N) is 1. The van der Waals surface area contributed by atoms with Crippen LogP contribution in [-0.4, -0.2) is 16.0 Å². The van der Waals surface area contributed by atoms with Crippen LogP contribution in [0.15, 0.2) is 42.5 Å². The summed E-state index contributed by atoms with van der Waals surface area (Å²) in [5.41, 5.74) is 0.143. The molecule has 0 fully saturated rings. The van der Waals surface area contributed by atoms with Crippen molar-refractivity contribution < 1.29 is 19.2 Å². The number of carboxylic acid groups (broad SMARTS) is 1. The molecule has 2 N–H and O–H groups in total. The molecule has 2 rings (SSSR count). The molecular formula is C14H11FN2O4. The smallest absolute Gasteiger partial charge is 0.335 e. The zero-order chi connectivity index (χ0) is 15.4. The minimum atomic E-state index is -1.06. The second kappa shape index (κ2) is 6.00. The van der Waals surface area contributed by atoms with Gasteiger partial charge in [0.1, 0.15) is 5.69 Å². The van der Waals surface area contributed by atoms with Gasteiger partial charge < -0.3 is 10.4 Å². The minimum Gasteiger partial charge on any atom is -0.478 e. The Hall–Kier alpha value is -2.96. The highest BCUT2D eigenvalue weighted by Crippen LogP contribution is 2.27. The predicted octanol–water partition coefficient (Wildman–Crippen LogP) is 3.04. The van der Waals surface area contributed by atoms with E-state index in [9.17, 15) is 19.3 Å². The van der Waals surface area contributed by atoms with E-state index >= 15 is 0 Å². The van der Waals surface area contributed by atoms with Crippen molar-refractivity contribution in [2.24, 2.45) is 0 Å². The molecule has 21 heavy (non-hydrogen) atoms. The van der Waals surface area contributed by atoms with E-state index in [0.29, 0.717) is 5.56 Å². The number of nitro benzene ring substituents is 1. The number of halogens is 1. The average Bonchev–Trinajstić information content (AvgIpc) is 2.45. The summed E-state index contributed by atoms with van der Waals surface area (Å²) in [4.78, 5) is 20.9. The number of nitrogens with one attached hydrogen (secondary N) is 1. The van der Waals surface area contributed by atoms with Gasteiger partial charge in [0.15, 0.2) is 0 Å². The molecular weight excluding hydrogens is 279 g/mol. The molecule has 0 aliphatic heterocycles. The van der Waals surface area contributed by atoms with Gasteiger partial charge in [-0.1, -0.05) is 18.2 Å². The van der Waals surface area contributed by atoms with Crippen LogP contribution in [0.25, 0.3) is 0 Å². The van der Waals surface area contributed by atoms with Gasteiger partial charge in [-0.3, -0.25) is 10.1 Å². The Kier molecular flexibility index (Phi) is 4.13. The molecule has 0 atom stereocenters. The number of aromatic carboxylic acids is 1. The van der Waals surface area contributed by atoms with Crippen molar-refractivity contribution in [3.63, 3.8) is 0 Å². The van der Waals surface area contributed by atoms with Crippen LogP contribution in [0, 0.1) is 15.9 Å². The molecule has 0 spiro atoms. The third-order valence-corrected chi connectivity index (χ3v) is 2.83. The van der Waals surface area contributed by atoms with Crippen LogP contribution in [-0.2, 0) is 6.54 Å². The first-order valence-corrected chi connectivity index (χ1v) is 5.98. The second-order valence-corrected chi connectivity index (χ2v) is 4.25. The molecule has 0 aliphatic rings. The maximum absolute atomic E-state index is 13.4. The fourth-order valence-corrected chi connectivity index (χ4v) is 1.86. The van der Waals surface area contributed by atoms with Gasteiger partial charge in [-0.2, -0.15) is 4.39 Å². The maximum atomic E-state index is 13.4. The van der Waals surface area contributed by atoms with Crippen molar-refractivity contribution in [1.82, 2.24) is 0 Å². The fourth-order valence-electron chi connectivity index (χ4n) is 1.86. The van der Waals surface area contributed by atoms with Gasteiger partial charge in [0.05, 0.1) is 10.5 Å². The number of rotatable bonds is 5. The van der Waals surface area contributed by atoms with Gasteiger partial charge >= 0.3 is 11.7 Å². The van der Waals surface area contributed by atoms with Crippen LogP contribution >= 0.6 is 0 Å². The standard InChI is InChI=1S/C14H11FN2O4/c15-11-5-2-6-12(13(11)17(20)21)16-8-9-3-1-4-10(7-9)14(18)19/h1-7,16H,8H2,(H,18,19). The van der Waals surface area contributed by atoms with Gasteiger partial charge in [0.2, 0.25) is 5.82 Å². The summed E-state index contributed by atoms with van der Waals surface area (Å²) in [6, 6.07) is 9.89. The van der Waals surface area contributed by atoms with Crippen LogP contribution < -0.4 is 5.32 Å².